The predicted molar refractivity (Wildman–Crippen MR) is 46.1 cm³/mol. The highest BCUT2D eigenvalue weighted by Crippen LogP contribution is 2.11. The van der Waals surface area contributed by atoms with Crippen LogP contribution in [0.25, 0.3) is 6.08 Å². The molecule has 0 saturated heterocycles. The second-order valence-corrected chi connectivity index (χ2v) is 2.68. The van der Waals surface area contributed by atoms with E-state index in [1.54, 1.807) is 6.92 Å². The maximum Gasteiger partial charge on any atom is 0.159 e. The van der Waals surface area contributed by atoms with Crippen LogP contribution in [0.5, 0.6) is 0 Å². The Morgan fingerprint density at radius 2 is 2.00 bits per heavy atom. The molecule has 0 aliphatic heterocycles. The molecule has 0 saturated carbocycles. The van der Waals surface area contributed by atoms with E-state index in [1.165, 1.54) is 12.1 Å². The monoisotopic (exact) mass is 182 g/mol. The van der Waals surface area contributed by atoms with Gasteiger partial charge in [0, 0.05) is 0 Å². The molecule has 0 atom stereocenters. The number of halogens is 2. The standard InChI is InChI=1S/C10H8F2O/c1-7(6-13)4-8-2-3-9(11)10(12)5-8/h2-6H,1H3. The molecule has 1 nitrogen and oxygen atoms in total. The molecule has 0 amide bonds. The molecular formula is C10H8F2O. The molecule has 0 aromatic heterocycles. The van der Waals surface area contributed by atoms with E-state index in [0.717, 1.165) is 12.1 Å². The second kappa shape index (κ2) is 3.94. The van der Waals surface area contributed by atoms with Crippen LogP contribution >= 0.6 is 0 Å². The van der Waals surface area contributed by atoms with E-state index in [-0.39, 0.29) is 0 Å². The molecule has 1 aromatic rings. The van der Waals surface area contributed by atoms with Gasteiger partial charge in [-0.1, -0.05) is 6.07 Å². The number of hydrogen-bond donors (Lipinski definition) is 0. The topological polar surface area (TPSA) is 17.1 Å². The zero-order valence-corrected chi connectivity index (χ0v) is 7.05. The molecule has 0 aliphatic rings. The normalized spacial score (nSPS) is 11.5. The Balaban J connectivity index is 3.04. The fourth-order valence-electron chi connectivity index (χ4n) is 0.899. The summed E-state index contributed by atoms with van der Waals surface area (Å²) in [5.41, 5.74) is 0.939. The third kappa shape index (κ3) is 2.47. The average Bonchev–Trinajstić information content (AvgIpc) is 2.11. The van der Waals surface area contributed by atoms with Gasteiger partial charge < -0.3 is 0 Å². The molecule has 1 aromatic carbocycles. The summed E-state index contributed by atoms with van der Waals surface area (Å²) < 4.78 is 25.1. The summed E-state index contributed by atoms with van der Waals surface area (Å²) >= 11 is 0. The van der Waals surface area contributed by atoms with Crippen molar-refractivity contribution in [2.75, 3.05) is 0 Å². The number of rotatable bonds is 2. The van der Waals surface area contributed by atoms with Crippen molar-refractivity contribution in [2.24, 2.45) is 0 Å². The fourth-order valence-corrected chi connectivity index (χ4v) is 0.899. The van der Waals surface area contributed by atoms with Crippen LogP contribution in [0.15, 0.2) is 23.8 Å². The van der Waals surface area contributed by atoms with Crippen LogP contribution < -0.4 is 0 Å². The van der Waals surface area contributed by atoms with Gasteiger partial charge in [0.25, 0.3) is 0 Å². The fraction of sp³-hybridized carbons (Fsp3) is 0.100. The highest BCUT2D eigenvalue weighted by atomic mass is 19.2. The number of carbonyl (C=O) groups excluding carboxylic acids is 1. The van der Waals surface area contributed by atoms with Gasteiger partial charge in [0.05, 0.1) is 0 Å². The molecule has 0 bridgehead atoms. The molecule has 1 rings (SSSR count). The first-order valence-electron chi connectivity index (χ1n) is 3.72. The van der Waals surface area contributed by atoms with Gasteiger partial charge in [0.1, 0.15) is 6.29 Å². The van der Waals surface area contributed by atoms with Crippen LogP contribution in [0.1, 0.15) is 12.5 Å². The zero-order chi connectivity index (χ0) is 9.84. The summed E-state index contributed by atoms with van der Waals surface area (Å²) in [6.07, 6.45) is 2.14. The van der Waals surface area contributed by atoms with Gasteiger partial charge in [0.2, 0.25) is 0 Å². The van der Waals surface area contributed by atoms with E-state index >= 15 is 0 Å². The second-order valence-electron chi connectivity index (χ2n) is 2.68. The highest BCUT2D eigenvalue weighted by Gasteiger charge is 2.00. The van der Waals surface area contributed by atoms with Crippen molar-refractivity contribution >= 4 is 12.4 Å². The number of hydrogen-bond acceptors (Lipinski definition) is 1. The minimum atomic E-state index is -0.910. The summed E-state index contributed by atoms with van der Waals surface area (Å²) in [7, 11) is 0. The van der Waals surface area contributed by atoms with Gasteiger partial charge in [-0.15, -0.1) is 0 Å². The Hall–Kier alpha value is -1.51. The van der Waals surface area contributed by atoms with Gasteiger partial charge in [-0.2, -0.15) is 0 Å². The van der Waals surface area contributed by atoms with E-state index < -0.39 is 11.6 Å². The number of aldehydes is 1. The van der Waals surface area contributed by atoms with Crippen molar-refractivity contribution in [1.29, 1.82) is 0 Å². The summed E-state index contributed by atoms with van der Waals surface area (Å²) in [4.78, 5) is 10.2. The molecule has 0 fully saturated rings. The molecule has 3 heteroatoms. The summed E-state index contributed by atoms with van der Waals surface area (Å²) in [6, 6.07) is 3.48. The smallest absolute Gasteiger partial charge is 0.159 e. The third-order valence-electron chi connectivity index (χ3n) is 1.52. The molecule has 68 valence electrons. The highest BCUT2D eigenvalue weighted by molar-refractivity contribution is 5.80. The number of carbonyl (C=O) groups is 1. The van der Waals surface area contributed by atoms with Gasteiger partial charge in [-0.05, 0) is 36.3 Å². The first-order valence-corrected chi connectivity index (χ1v) is 3.72. The molecule has 0 unspecified atom stereocenters. The van der Waals surface area contributed by atoms with E-state index in [1.807, 2.05) is 0 Å². The number of benzene rings is 1. The summed E-state index contributed by atoms with van der Waals surface area (Å²) in [5, 5.41) is 0. The van der Waals surface area contributed by atoms with Gasteiger partial charge in [0.15, 0.2) is 11.6 Å². The Bertz CT molecular complexity index is 356. The van der Waals surface area contributed by atoms with Crippen molar-refractivity contribution in [3.8, 4) is 0 Å². The minimum absolute atomic E-state index is 0.464. The minimum Gasteiger partial charge on any atom is -0.298 e. The largest absolute Gasteiger partial charge is 0.298 e. The lowest BCUT2D eigenvalue weighted by atomic mass is 10.1. The van der Waals surface area contributed by atoms with Gasteiger partial charge >= 0.3 is 0 Å². The van der Waals surface area contributed by atoms with E-state index in [2.05, 4.69) is 0 Å². The Kier molecular flexibility index (Phi) is 2.90. The molecule has 13 heavy (non-hydrogen) atoms. The van der Waals surface area contributed by atoms with Crippen molar-refractivity contribution in [2.45, 2.75) is 6.92 Å². The van der Waals surface area contributed by atoms with Crippen LogP contribution in [-0.2, 0) is 4.79 Å². The number of allylic oxidation sites excluding steroid dienone is 1. The molecule has 0 N–H and O–H groups in total. The summed E-state index contributed by atoms with van der Waals surface area (Å²) in [6.45, 7) is 1.59. The lowest BCUT2D eigenvalue weighted by molar-refractivity contribution is -0.104. The zero-order valence-electron chi connectivity index (χ0n) is 7.05. The lowest BCUT2D eigenvalue weighted by Gasteiger charge is -1.95. The average molecular weight is 182 g/mol. The van der Waals surface area contributed by atoms with Gasteiger partial charge in [-0.25, -0.2) is 8.78 Å². The van der Waals surface area contributed by atoms with Crippen LogP contribution in [0.3, 0.4) is 0 Å². The van der Waals surface area contributed by atoms with Crippen LogP contribution in [-0.4, -0.2) is 6.29 Å². The Morgan fingerprint density at radius 3 is 2.54 bits per heavy atom. The van der Waals surface area contributed by atoms with Gasteiger partial charge in [-0.3, -0.25) is 4.79 Å². The molecule has 0 heterocycles. The molecule has 0 aliphatic carbocycles. The SMILES string of the molecule is CC(C=O)=Cc1ccc(F)c(F)c1. The van der Waals surface area contributed by atoms with E-state index in [0.29, 0.717) is 17.4 Å². The van der Waals surface area contributed by atoms with Crippen LogP contribution in [0.4, 0.5) is 8.78 Å². The van der Waals surface area contributed by atoms with Crippen LogP contribution in [0, 0.1) is 11.6 Å². The quantitative estimate of drug-likeness (QED) is 0.507. The van der Waals surface area contributed by atoms with Crippen LogP contribution in [0.2, 0.25) is 0 Å². The van der Waals surface area contributed by atoms with E-state index in [4.69, 9.17) is 0 Å². The van der Waals surface area contributed by atoms with Crippen molar-refractivity contribution in [3.05, 3.63) is 41.0 Å². The predicted octanol–water partition coefficient (Wildman–Crippen LogP) is 2.57. The summed E-state index contributed by atoms with van der Waals surface area (Å²) in [5.74, 6) is -1.80. The Labute approximate surface area is 74.7 Å². The molecular weight excluding hydrogens is 174 g/mol. The van der Waals surface area contributed by atoms with Crippen molar-refractivity contribution < 1.29 is 13.6 Å². The van der Waals surface area contributed by atoms with Crippen molar-refractivity contribution in [1.82, 2.24) is 0 Å². The first-order chi connectivity index (χ1) is 6.13. The molecule has 0 spiro atoms. The Morgan fingerprint density at radius 1 is 1.31 bits per heavy atom. The van der Waals surface area contributed by atoms with E-state index in [9.17, 15) is 13.6 Å². The maximum atomic E-state index is 12.6. The lowest BCUT2D eigenvalue weighted by Crippen LogP contribution is -1.85. The first kappa shape index (κ1) is 9.58. The molecule has 0 radical (unpaired) electrons. The maximum absolute atomic E-state index is 12.6. The third-order valence-corrected chi connectivity index (χ3v) is 1.52. The van der Waals surface area contributed by atoms with Crippen molar-refractivity contribution in [3.63, 3.8) is 0 Å².